The van der Waals surface area contributed by atoms with E-state index in [1.807, 2.05) is 0 Å². The van der Waals surface area contributed by atoms with Crippen molar-refractivity contribution in [3.8, 4) is 0 Å². The van der Waals surface area contributed by atoms with Gasteiger partial charge < -0.3 is 5.73 Å². The number of alkyl halides is 1. The van der Waals surface area contributed by atoms with Gasteiger partial charge in [0.1, 0.15) is 0 Å². The number of halogens is 1. The van der Waals surface area contributed by atoms with E-state index in [0.29, 0.717) is 0 Å². The molecular formula is C6H7IN2O3. The predicted molar refractivity (Wildman–Crippen MR) is 48.1 cm³/mol. The maximum absolute atomic E-state index is 11.0. The first-order valence-electron chi connectivity index (χ1n) is 3.32. The molecular weight excluding hydrogens is 275 g/mol. The molecule has 5 nitrogen and oxygen atoms in total. The van der Waals surface area contributed by atoms with E-state index in [1.165, 1.54) is 0 Å². The second-order valence-electron chi connectivity index (χ2n) is 2.40. The van der Waals surface area contributed by atoms with Crippen LogP contribution < -0.4 is 5.73 Å². The van der Waals surface area contributed by atoms with Crippen LogP contribution in [0.25, 0.3) is 0 Å². The normalized spacial score (nSPS) is 19.9. The van der Waals surface area contributed by atoms with E-state index in [2.05, 4.69) is 0 Å². The van der Waals surface area contributed by atoms with Crippen LogP contribution in [-0.4, -0.2) is 26.7 Å². The molecule has 1 aliphatic heterocycles. The van der Waals surface area contributed by atoms with Gasteiger partial charge in [0.25, 0.3) is 5.91 Å². The van der Waals surface area contributed by atoms with Crippen LogP contribution in [0.4, 0.5) is 0 Å². The summed E-state index contributed by atoms with van der Waals surface area (Å²) in [6.07, 6.45) is 0.372. The van der Waals surface area contributed by atoms with Crippen molar-refractivity contribution < 1.29 is 14.4 Å². The zero-order chi connectivity index (χ0) is 9.30. The number of carbonyl (C=O) groups excluding carboxylic acids is 3. The van der Waals surface area contributed by atoms with E-state index in [1.54, 1.807) is 22.6 Å². The standard InChI is InChI=1S/C6H7IN2O3/c7-5(6(8)12)9-3(10)1-2-4(9)11/h5H,1-2H2,(H2,8,12). The van der Waals surface area contributed by atoms with Crippen molar-refractivity contribution in [2.24, 2.45) is 5.73 Å². The van der Waals surface area contributed by atoms with Crippen LogP contribution in [0.2, 0.25) is 0 Å². The Balaban J connectivity index is 2.79. The minimum atomic E-state index is -0.843. The molecule has 6 heteroatoms. The minimum absolute atomic E-state index is 0.186. The third-order valence-electron chi connectivity index (χ3n) is 1.55. The van der Waals surface area contributed by atoms with Crippen molar-refractivity contribution >= 4 is 40.3 Å². The van der Waals surface area contributed by atoms with Gasteiger partial charge in [-0.2, -0.15) is 0 Å². The van der Waals surface area contributed by atoms with Crippen molar-refractivity contribution in [1.29, 1.82) is 0 Å². The third-order valence-corrected chi connectivity index (χ3v) is 2.72. The van der Waals surface area contributed by atoms with Crippen LogP contribution in [0.3, 0.4) is 0 Å². The fourth-order valence-electron chi connectivity index (χ4n) is 0.974. The Morgan fingerprint density at radius 1 is 1.42 bits per heavy atom. The number of imide groups is 1. The van der Waals surface area contributed by atoms with Crippen LogP contribution in [0.1, 0.15) is 12.8 Å². The molecule has 12 heavy (non-hydrogen) atoms. The van der Waals surface area contributed by atoms with Gasteiger partial charge in [-0.15, -0.1) is 0 Å². The lowest BCUT2D eigenvalue weighted by atomic mass is 10.4. The number of hydrogen-bond donors (Lipinski definition) is 1. The molecule has 0 aromatic carbocycles. The molecule has 0 aromatic rings. The number of primary amides is 1. The molecule has 0 saturated carbocycles. The topological polar surface area (TPSA) is 80.5 Å². The number of hydrogen-bond acceptors (Lipinski definition) is 3. The van der Waals surface area contributed by atoms with Gasteiger partial charge in [-0.25, -0.2) is 0 Å². The van der Waals surface area contributed by atoms with Gasteiger partial charge in [0.05, 0.1) is 0 Å². The fourth-order valence-corrected chi connectivity index (χ4v) is 1.60. The number of rotatable bonds is 2. The summed E-state index contributed by atoms with van der Waals surface area (Å²) in [4.78, 5) is 33.6. The maximum Gasteiger partial charge on any atom is 0.250 e. The molecule has 2 N–H and O–H groups in total. The lowest BCUT2D eigenvalue weighted by Gasteiger charge is -2.17. The maximum atomic E-state index is 11.0. The lowest BCUT2D eigenvalue weighted by Crippen LogP contribution is -2.43. The lowest BCUT2D eigenvalue weighted by molar-refractivity contribution is -0.142. The van der Waals surface area contributed by atoms with E-state index in [0.717, 1.165) is 4.90 Å². The number of nitrogens with zero attached hydrogens (tertiary/aromatic N) is 1. The number of nitrogens with two attached hydrogens (primary N) is 1. The Labute approximate surface area is 82.4 Å². The quantitative estimate of drug-likeness (QED) is 0.317. The van der Waals surface area contributed by atoms with E-state index < -0.39 is 9.96 Å². The average Bonchev–Trinajstić information content (AvgIpc) is 2.30. The molecule has 0 aliphatic carbocycles. The highest BCUT2D eigenvalue weighted by Crippen LogP contribution is 2.18. The fraction of sp³-hybridized carbons (Fsp3) is 0.500. The van der Waals surface area contributed by atoms with Crippen molar-refractivity contribution in [2.75, 3.05) is 0 Å². The summed E-state index contributed by atoms with van der Waals surface area (Å²) < 4.78 is -0.843. The van der Waals surface area contributed by atoms with Crippen LogP contribution in [0.5, 0.6) is 0 Å². The molecule has 3 amide bonds. The smallest absolute Gasteiger partial charge is 0.250 e. The molecule has 0 spiro atoms. The molecule has 0 radical (unpaired) electrons. The molecule has 1 atom stereocenters. The molecule has 1 aliphatic rings. The number of likely N-dealkylation sites (tertiary alicyclic amines) is 1. The average molecular weight is 282 g/mol. The Morgan fingerprint density at radius 3 is 2.17 bits per heavy atom. The predicted octanol–water partition coefficient (Wildman–Crippen LogP) is -0.618. The highest BCUT2D eigenvalue weighted by molar-refractivity contribution is 14.1. The van der Waals surface area contributed by atoms with Crippen LogP contribution >= 0.6 is 22.6 Å². The first-order chi connectivity index (χ1) is 5.54. The zero-order valence-corrected chi connectivity index (χ0v) is 8.28. The SMILES string of the molecule is NC(=O)C(I)N1C(=O)CCC1=O. The largest absolute Gasteiger partial charge is 0.367 e. The highest BCUT2D eigenvalue weighted by atomic mass is 127. The summed E-state index contributed by atoms with van der Waals surface area (Å²) in [5.74, 6) is -1.31. The molecule has 66 valence electrons. The van der Waals surface area contributed by atoms with E-state index in [9.17, 15) is 14.4 Å². The summed E-state index contributed by atoms with van der Waals surface area (Å²) in [6.45, 7) is 0. The van der Waals surface area contributed by atoms with Crippen molar-refractivity contribution in [2.45, 2.75) is 16.9 Å². The molecule has 0 aromatic heterocycles. The summed E-state index contributed by atoms with van der Waals surface area (Å²) in [5, 5.41) is 0. The molecule has 1 fully saturated rings. The second-order valence-corrected chi connectivity index (χ2v) is 3.58. The summed E-state index contributed by atoms with van der Waals surface area (Å²) in [6, 6.07) is 0. The molecule has 0 bridgehead atoms. The van der Waals surface area contributed by atoms with Gasteiger partial charge in [-0.3, -0.25) is 19.3 Å². The van der Waals surface area contributed by atoms with Gasteiger partial charge in [0.15, 0.2) is 4.05 Å². The zero-order valence-electron chi connectivity index (χ0n) is 6.12. The van der Waals surface area contributed by atoms with E-state index in [4.69, 9.17) is 5.73 Å². The van der Waals surface area contributed by atoms with E-state index >= 15 is 0 Å². The third kappa shape index (κ3) is 1.57. The van der Waals surface area contributed by atoms with Crippen molar-refractivity contribution in [3.05, 3.63) is 0 Å². The minimum Gasteiger partial charge on any atom is -0.367 e. The summed E-state index contributed by atoms with van der Waals surface area (Å²) in [7, 11) is 0. The second kappa shape index (κ2) is 3.38. The number of amides is 3. The summed E-state index contributed by atoms with van der Waals surface area (Å²) in [5.41, 5.74) is 4.95. The van der Waals surface area contributed by atoms with Gasteiger partial charge >= 0.3 is 0 Å². The first-order valence-corrected chi connectivity index (χ1v) is 4.57. The van der Waals surface area contributed by atoms with Crippen LogP contribution in [-0.2, 0) is 14.4 Å². The van der Waals surface area contributed by atoms with Gasteiger partial charge in [-0.1, -0.05) is 0 Å². The Morgan fingerprint density at radius 2 is 1.83 bits per heavy atom. The van der Waals surface area contributed by atoms with Gasteiger partial charge in [-0.05, 0) is 22.6 Å². The first kappa shape index (κ1) is 9.43. The van der Waals surface area contributed by atoms with Crippen LogP contribution in [0, 0.1) is 0 Å². The molecule has 1 unspecified atom stereocenters. The van der Waals surface area contributed by atoms with E-state index in [-0.39, 0.29) is 24.7 Å². The molecule has 1 heterocycles. The Kier molecular flexibility index (Phi) is 2.65. The van der Waals surface area contributed by atoms with Crippen LogP contribution in [0.15, 0.2) is 0 Å². The van der Waals surface area contributed by atoms with Gasteiger partial charge in [0, 0.05) is 12.8 Å². The molecule has 1 saturated heterocycles. The monoisotopic (exact) mass is 282 g/mol. The van der Waals surface area contributed by atoms with Crippen molar-refractivity contribution in [1.82, 2.24) is 4.90 Å². The Hall–Kier alpha value is -0.660. The van der Waals surface area contributed by atoms with Gasteiger partial charge in [0.2, 0.25) is 11.8 Å². The molecule has 1 rings (SSSR count). The number of carbonyl (C=O) groups is 3. The Bertz CT molecular complexity index is 237. The highest BCUT2D eigenvalue weighted by Gasteiger charge is 2.36. The summed E-state index contributed by atoms with van der Waals surface area (Å²) >= 11 is 1.67. The van der Waals surface area contributed by atoms with Crippen molar-refractivity contribution in [3.63, 3.8) is 0 Å².